The van der Waals surface area contributed by atoms with Gasteiger partial charge in [-0.1, -0.05) is 0 Å². The second-order valence-corrected chi connectivity index (χ2v) is 4.07. The van der Waals surface area contributed by atoms with Gasteiger partial charge in [0.25, 0.3) is 5.91 Å². The highest BCUT2D eigenvalue weighted by molar-refractivity contribution is 5.85. The third-order valence-corrected chi connectivity index (χ3v) is 2.77. The average molecular weight is 251 g/mol. The summed E-state index contributed by atoms with van der Waals surface area (Å²) in [6.45, 7) is 6.00. The van der Waals surface area contributed by atoms with Crippen LogP contribution in [0, 0.1) is 0 Å². The first-order chi connectivity index (χ1) is 7.27. The van der Waals surface area contributed by atoms with Crippen LogP contribution in [-0.2, 0) is 14.3 Å². The maximum atomic E-state index is 12.0. The van der Waals surface area contributed by atoms with Gasteiger partial charge in [-0.3, -0.25) is 4.79 Å². The molecule has 16 heavy (non-hydrogen) atoms. The zero-order valence-corrected chi connectivity index (χ0v) is 10.3. The minimum Gasteiger partial charge on any atom is -0.376 e. The molecule has 2 saturated heterocycles. The van der Waals surface area contributed by atoms with E-state index < -0.39 is 0 Å². The smallest absolute Gasteiger partial charge is 0.254 e. The molecule has 94 valence electrons. The number of halogens is 1. The van der Waals surface area contributed by atoms with Crippen molar-refractivity contribution in [2.24, 2.45) is 0 Å². The third kappa shape index (κ3) is 3.31. The summed E-state index contributed by atoms with van der Waals surface area (Å²) in [5.41, 5.74) is 0. The van der Waals surface area contributed by atoms with Crippen LogP contribution < -0.4 is 5.32 Å². The molecule has 2 fully saturated rings. The lowest BCUT2D eigenvalue weighted by atomic mass is 10.2. The molecule has 2 heterocycles. The number of ether oxygens (including phenoxy) is 2. The highest BCUT2D eigenvalue weighted by Gasteiger charge is 2.29. The Hall–Kier alpha value is -0.360. The van der Waals surface area contributed by atoms with Crippen LogP contribution in [0.3, 0.4) is 0 Å². The largest absolute Gasteiger partial charge is 0.376 e. The molecule has 0 aromatic carbocycles. The van der Waals surface area contributed by atoms with Crippen LogP contribution in [0.25, 0.3) is 0 Å². The molecule has 2 aliphatic heterocycles. The lowest BCUT2D eigenvalue weighted by Gasteiger charge is -2.35. The monoisotopic (exact) mass is 250 g/mol. The molecule has 0 saturated carbocycles. The molecule has 0 aromatic rings. The molecular formula is C10H19ClN2O3. The van der Waals surface area contributed by atoms with Crippen molar-refractivity contribution in [3.63, 3.8) is 0 Å². The predicted molar refractivity (Wildman–Crippen MR) is 61.9 cm³/mol. The van der Waals surface area contributed by atoms with Crippen LogP contribution in [0.4, 0.5) is 0 Å². The minimum absolute atomic E-state index is 0. The van der Waals surface area contributed by atoms with E-state index in [9.17, 15) is 4.79 Å². The van der Waals surface area contributed by atoms with E-state index in [2.05, 4.69) is 12.2 Å². The van der Waals surface area contributed by atoms with Gasteiger partial charge >= 0.3 is 0 Å². The zero-order chi connectivity index (χ0) is 10.7. The number of hydrogen-bond donors (Lipinski definition) is 1. The molecule has 0 radical (unpaired) electrons. The molecule has 5 nitrogen and oxygen atoms in total. The number of carbonyl (C=O) groups excluding carboxylic acids is 1. The number of amides is 1. The number of rotatable bonds is 1. The fraction of sp³-hybridized carbons (Fsp3) is 0.900. The number of nitrogens with one attached hydrogen (secondary N) is 1. The van der Waals surface area contributed by atoms with Gasteiger partial charge in [0, 0.05) is 25.7 Å². The lowest BCUT2D eigenvalue weighted by Crippen LogP contribution is -2.55. The summed E-state index contributed by atoms with van der Waals surface area (Å²) in [4.78, 5) is 13.9. The summed E-state index contributed by atoms with van der Waals surface area (Å²) in [6, 6.07) is 0.368. The highest BCUT2D eigenvalue weighted by atomic mass is 35.5. The summed E-state index contributed by atoms with van der Waals surface area (Å²) < 4.78 is 10.6. The Morgan fingerprint density at radius 3 is 2.88 bits per heavy atom. The van der Waals surface area contributed by atoms with Gasteiger partial charge < -0.3 is 19.7 Å². The fourth-order valence-corrected chi connectivity index (χ4v) is 1.97. The van der Waals surface area contributed by atoms with E-state index in [0.29, 0.717) is 25.9 Å². The molecule has 2 rings (SSSR count). The van der Waals surface area contributed by atoms with Gasteiger partial charge in [0.2, 0.25) is 0 Å². The van der Waals surface area contributed by atoms with Gasteiger partial charge in [-0.25, -0.2) is 0 Å². The van der Waals surface area contributed by atoms with E-state index in [1.165, 1.54) is 0 Å². The number of carbonyl (C=O) groups is 1. The fourth-order valence-electron chi connectivity index (χ4n) is 1.97. The van der Waals surface area contributed by atoms with Gasteiger partial charge in [0.1, 0.15) is 0 Å². The molecule has 6 heteroatoms. The summed E-state index contributed by atoms with van der Waals surface area (Å²) in [7, 11) is 0. The molecule has 0 bridgehead atoms. The number of piperazine rings is 1. The topological polar surface area (TPSA) is 50.8 Å². The quantitative estimate of drug-likeness (QED) is 0.691. The van der Waals surface area contributed by atoms with E-state index in [1.54, 1.807) is 0 Å². The first-order valence-electron chi connectivity index (χ1n) is 5.49. The van der Waals surface area contributed by atoms with Crippen molar-refractivity contribution in [1.82, 2.24) is 10.2 Å². The van der Waals surface area contributed by atoms with Crippen molar-refractivity contribution in [2.45, 2.75) is 19.1 Å². The normalized spacial score (nSPS) is 30.7. The van der Waals surface area contributed by atoms with Gasteiger partial charge in [-0.15, -0.1) is 12.4 Å². The summed E-state index contributed by atoms with van der Waals surface area (Å²) in [6.07, 6.45) is -0.385. The molecule has 0 spiro atoms. The predicted octanol–water partition coefficient (Wildman–Crippen LogP) is -0.356. The Balaban J connectivity index is 0.00000128. The molecule has 1 unspecified atom stereocenters. The standard InChI is InChI=1S/C10H18N2O3.ClH/c1-8-6-12(3-2-11-8)10(13)9-7-14-4-5-15-9;/h8-9,11H,2-7H2,1H3;1H/t8-,9?;/m0./s1. The molecule has 2 aliphatic rings. The summed E-state index contributed by atoms with van der Waals surface area (Å²) in [5.74, 6) is 0.0723. The summed E-state index contributed by atoms with van der Waals surface area (Å²) in [5, 5.41) is 3.30. The van der Waals surface area contributed by atoms with E-state index in [1.807, 2.05) is 4.90 Å². The van der Waals surface area contributed by atoms with Gasteiger partial charge in [-0.2, -0.15) is 0 Å². The Labute approximate surface area is 102 Å². The summed E-state index contributed by atoms with van der Waals surface area (Å²) >= 11 is 0. The first-order valence-corrected chi connectivity index (χ1v) is 5.49. The average Bonchev–Trinajstić information content (AvgIpc) is 2.29. The molecule has 0 aromatic heterocycles. The van der Waals surface area contributed by atoms with Crippen LogP contribution in [-0.4, -0.2) is 62.4 Å². The van der Waals surface area contributed by atoms with Gasteiger partial charge in [-0.05, 0) is 6.92 Å². The Morgan fingerprint density at radius 1 is 1.44 bits per heavy atom. The van der Waals surface area contributed by atoms with E-state index in [4.69, 9.17) is 9.47 Å². The SMILES string of the molecule is C[C@H]1CN(C(=O)C2COCCO2)CCN1.Cl. The van der Waals surface area contributed by atoms with Gasteiger partial charge in [0.05, 0.1) is 19.8 Å². The minimum atomic E-state index is -0.385. The van der Waals surface area contributed by atoms with E-state index in [0.717, 1.165) is 19.6 Å². The highest BCUT2D eigenvalue weighted by Crippen LogP contribution is 2.07. The number of hydrogen-bond acceptors (Lipinski definition) is 4. The van der Waals surface area contributed by atoms with Crippen molar-refractivity contribution in [3.8, 4) is 0 Å². The maximum absolute atomic E-state index is 12.0. The van der Waals surface area contributed by atoms with Crippen molar-refractivity contribution in [2.75, 3.05) is 39.5 Å². The van der Waals surface area contributed by atoms with Crippen molar-refractivity contribution in [3.05, 3.63) is 0 Å². The second kappa shape index (κ2) is 6.39. The Kier molecular flexibility index (Phi) is 5.48. The van der Waals surface area contributed by atoms with Crippen LogP contribution in [0.15, 0.2) is 0 Å². The molecule has 1 amide bonds. The zero-order valence-electron chi connectivity index (χ0n) is 9.48. The second-order valence-electron chi connectivity index (χ2n) is 4.07. The lowest BCUT2D eigenvalue weighted by molar-refractivity contribution is -0.159. The molecular weight excluding hydrogens is 232 g/mol. The maximum Gasteiger partial charge on any atom is 0.254 e. The van der Waals surface area contributed by atoms with Crippen LogP contribution in [0.1, 0.15) is 6.92 Å². The third-order valence-electron chi connectivity index (χ3n) is 2.77. The first kappa shape index (κ1) is 13.7. The van der Waals surface area contributed by atoms with Crippen LogP contribution in [0.5, 0.6) is 0 Å². The Bertz CT molecular complexity index is 234. The molecule has 1 N–H and O–H groups in total. The van der Waals surface area contributed by atoms with E-state index in [-0.39, 0.29) is 24.4 Å². The van der Waals surface area contributed by atoms with E-state index >= 15 is 0 Å². The Morgan fingerprint density at radius 2 is 2.25 bits per heavy atom. The number of nitrogens with zero attached hydrogens (tertiary/aromatic N) is 1. The van der Waals surface area contributed by atoms with Crippen LogP contribution >= 0.6 is 12.4 Å². The van der Waals surface area contributed by atoms with Crippen molar-refractivity contribution in [1.29, 1.82) is 0 Å². The van der Waals surface area contributed by atoms with Crippen molar-refractivity contribution < 1.29 is 14.3 Å². The molecule has 2 atom stereocenters. The van der Waals surface area contributed by atoms with Crippen LogP contribution in [0.2, 0.25) is 0 Å². The molecule has 0 aliphatic carbocycles. The van der Waals surface area contributed by atoms with Gasteiger partial charge in [0.15, 0.2) is 6.10 Å². The van der Waals surface area contributed by atoms with Crippen molar-refractivity contribution >= 4 is 18.3 Å².